The second-order valence-corrected chi connectivity index (χ2v) is 6.87. The molecular formula is C18H31NO10. The van der Waals surface area contributed by atoms with Crippen LogP contribution in [0.4, 0.5) is 0 Å². The molecule has 0 aromatic carbocycles. The molecule has 0 amide bonds. The molecule has 0 aromatic rings. The van der Waals surface area contributed by atoms with Gasteiger partial charge in [0, 0.05) is 27.3 Å². The summed E-state index contributed by atoms with van der Waals surface area (Å²) in [7, 11) is 3.71. The third-order valence-electron chi connectivity index (χ3n) is 3.82. The first-order chi connectivity index (χ1) is 13.5. The molecule has 1 aliphatic rings. The van der Waals surface area contributed by atoms with Crippen molar-refractivity contribution in [3.05, 3.63) is 0 Å². The van der Waals surface area contributed by atoms with E-state index in [-0.39, 0.29) is 13.2 Å². The van der Waals surface area contributed by atoms with Crippen molar-refractivity contribution >= 4 is 17.9 Å². The Bertz CT molecular complexity index is 553. The van der Waals surface area contributed by atoms with E-state index < -0.39 is 54.9 Å². The maximum absolute atomic E-state index is 11.7. The number of hydrogen-bond acceptors (Lipinski definition) is 11. The number of aliphatic hydroxyl groups excluding tert-OH is 1. The van der Waals surface area contributed by atoms with Crippen molar-refractivity contribution in [3.63, 3.8) is 0 Å². The summed E-state index contributed by atoms with van der Waals surface area (Å²) in [6, 6.07) is 0. The van der Waals surface area contributed by atoms with E-state index >= 15 is 0 Å². The highest BCUT2D eigenvalue weighted by atomic mass is 16.7. The Morgan fingerprint density at radius 2 is 1.59 bits per heavy atom. The van der Waals surface area contributed by atoms with E-state index in [1.165, 1.54) is 27.7 Å². The molecule has 1 N–H and O–H groups in total. The molecule has 29 heavy (non-hydrogen) atoms. The monoisotopic (exact) mass is 421 g/mol. The Morgan fingerprint density at radius 3 is 2.07 bits per heavy atom. The van der Waals surface area contributed by atoms with E-state index in [9.17, 15) is 19.5 Å². The quantitative estimate of drug-likeness (QED) is 0.277. The minimum atomic E-state index is -1.27. The van der Waals surface area contributed by atoms with Crippen molar-refractivity contribution in [2.75, 3.05) is 33.9 Å². The van der Waals surface area contributed by atoms with Crippen LogP contribution in [-0.4, -0.2) is 98.8 Å². The van der Waals surface area contributed by atoms with Crippen molar-refractivity contribution in [2.24, 2.45) is 0 Å². The molecule has 11 heteroatoms. The molecule has 0 saturated carbocycles. The summed E-state index contributed by atoms with van der Waals surface area (Å²) in [6.07, 6.45) is -6.73. The van der Waals surface area contributed by atoms with Crippen molar-refractivity contribution in [1.82, 2.24) is 4.90 Å². The first-order valence-corrected chi connectivity index (χ1v) is 9.24. The normalized spacial score (nSPS) is 27.9. The third kappa shape index (κ3) is 9.05. The van der Waals surface area contributed by atoms with Gasteiger partial charge in [-0.2, -0.15) is 0 Å². The van der Waals surface area contributed by atoms with Gasteiger partial charge in [-0.1, -0.05) is 0 Å². The zero-order valence-corrected chi connectivity index (χ0v) is 17.7. The lowest BCUT2D eigenvalue weighted by atomic mass is 9.98. The van der Waals surface area contributed by atoms with Crippen LogP contribution in [-0.2, 0) is 42.8 Å². The van der Waals surface area contributed by atoms with E-state index in [0.29, 0.717) is 6.54 Å². The average molecular weight is 421 g/mol. The predicted octanol–water partition coefficient (Wildman–Crippen LogP) is -0.560. The lowest BCUT2D eigenvalue weighted by Crippen LogP contribution is -2.63. The summed E-state index contributed by atoms with van der Waals surface area (Å²) in [6.45, 7) is 5.48. The minimum absolute atomic E-state index is 0.231. The van der Waals surface area contributed by atoms with Gasteiger partial charge < -0.3 is 38.4 Å². The molecule has 1 rings (SSSR count). The van der Waals surface area contributed by atoms with E-state index in [1.807, 2.05) is 19.0 Å². The van der Waals surface area contributed by atoms with Crippen LogP contribution in [0.2, 0.25) is 0 Å². The molecule has 1 fully saturated rings. The summed E-state index contributed by atoms with van der Waals surface area (Å²) in [5.41, 5.74) is 0. The summed E-state index contributed by atoms with van der Waals surface area (Å²) in [5, 5.41) is 9.77. The first kappa shape index (κ1) is 25.2. The smallest absolute Gasteiger partial charge is 0.303 e. The molecule has 1 saturated heterocycles. The fourth-order valence-electron chi connectivity index (χ4n) is 2.73. The van der Waals surface area contributed by atoms with E-state index in [0.717, 1.165) is 0 Å². The zero-order valence-electron chi connectivity index (χ0n) is 17.7. The van der Waals surface area contributed by atoms with Crippen LogP contribution in [0, 0.1) is 0 Å². The molecule has 11 nitrogen and oxygen atoms in total. The van der Waals surface area contributed by atoms with Crippen LogP contribution < -0.4 is 0 Å². The fourth-order valence-corrected chi connectivity index (χ4v) is 2.73. The number of rotatable bonds is 10. The summed E-state index contributed by atoms with van der Waals surface area (Å²) >= 11 is 0. The van der Waals surface area contributed by atoms with Crippen LogP contribution in [0.5, 0.6) is 0 Å². The number of carbonyl (C=O) groups is 3. The van der Waals surface area contributed by atoms with Crippen LogP contribution in [0.1, 0.15) is 27.7 Å². The highest BCUT2D eigenvalue weighted by Crippen LogP contribution is 2.30. The maximum Gasteiger partial charge on any atom is 0.303 e. The van der Waals surface area contributed by atoms with E-state index in [2.05, 4.69) is 0 Å². The number of esters is 3. The number of ether oxygens (including phenoxy) is 6. The van der Waals surface area contributed by atoms with Gasteiger partial charge in [0.1, 0.15) is 18.8 Å². The number of likely N-dealkylation sites (N-methyl/N-ethyl adjacent to an activating group) is 1. The number of aliphatic hydroxyl groups is 1. The van der Waals surface area contributed by atoms with Crippen molar-refractivity contribution in [2.45, 2.75) is 64.7 Å². The van der Waals surface area contributed by atoms with Crippen molar-refractivity contribution in [1.29, 1.82) is 0 Å². The van der Waals surface area contributed by atoms with Gasteiger partial charge in [-0.05, 0) is 21.0 Å². The van der Waals surface area contributed by atoms with Gasteiger partial charge >= 0.3 is 17.9 Å². The molecule has 0 radical (unpaired) electrons. The lowest BCUT2D eigenvalue weighted by Gasteiger charge is -2.44. The average Bonchev–Trinajstić information content (AvgIpc) is 2.56. The Balaban J connectivity index is 3.19. The van der Waals surface area contributed by atoms with Gasteiger partial charge in [-0.15, -0.1) is 0 Å². The molecule has 0 aliphatic carbocycles. The van der Waals surface area contributed by atoms with Gasteiger partial charge in [-0.25, -0.2) is 0 Å². The number of carbonyl (C=O) groups excluding carboxylic acids is 3. The van der Waals surface area contributed by atoms with Gasteiger partial charge in [-0.3, -0.25) is 14.4 Å². The predicted molar refractivity (Wildman–Crippen MR) is 97.5 cm³/mol. The highest BCUT2D eigenvalue weighted by molar-refractivity contribution is 5.67. The zero-order chi connectivity index (χ0) is 22.1. The molecule has 6 atom stereocenters. The Hall–Kier alpha value is -1.79. The number of hydrogen-bond donors (Lipinski definition) is 1. The topological polar surface area (TPSA) is 130 Å². The minimum Gasteiger partial charge on any atom is -0.463 e. The second-order valence-electron chi connectivity index (χ2n) is 6.87. The molecule has 0 bridgehead atoms. The Labute approximate surface area is 170 Å². The molecule has 1 heterocycles. The standard InChI is InChI=1S/C18H31NO10/c1-10(20)25-9-14-15(26-11(2)21)16(27-12(3)22)17(28-13(4)23)18(29-14)24-8-7-19(5)6/h12,14-18,22H,7-9H2,1-6H3/t12?,14-,15?,16+,17-,18-/m1/s1. The third-order valence-corrected chi connectivity index (χ3v) is 3.82. The SMILES string of the molecule is CC(=O)OC[C@H]1O[C@@H](OCCN(C)C)[C@H](OC(C)=O)[C@@H](OC(C)O)C1OC(C)=O. The molecule has 0 aromatic heterocycles. The van der Waals surface area contributed by atoms with Gasteiger partial charge in [0.2, 0.25) is 0 Å². The van der Waals surface area contributed by atoms with Crippen molar-refractivity contribution in [3.8, 4) is 0 Å². The van der Waals surface area contributed by atoms with Gasteiger partial charge in [0.15, 0.2) is 24.8 Å². The molecule has 0 spiro atoms. The first-order valence-electron chi connectivity index (χ1n) is 9.24. The Morgan fingerprint density at radius 1 is 1.00 bits per heavy atom. The summed E-state index contributed by atoms with van der Waals surface area (Å²) in [5.74, 6) is -1.85. The fraction of sp³-hybridized carbons (Fsp3) is 0.833. The summed E-state index contributed by atoms with van der Waals surface area (Å²) in [4.78, 5) is 36.4. The van der Waals surface area contributed by atoms with E-state index in [1.54, 1.807) is 0 Å². The van der Waals surface area contributed by atoms with E-state index in [4.69, 9.17) is 28.4 Å². The van der Waals surface area contributed by atoms with Crippen LogP contribution in [0.15, 0.2) is 0 Å². The summed E-state index contributed by atoms with van der Waals surface area (Å²) < 4.78 is 32.7. The number of nitrogens with zero attached hydrogens (tertiary/aromatic N) is 1. The Kier molecular flexibility index (Phi) is 10.5. The van der Waals surface area contributed by atoms with Crippen LogP contribution in [0.3, 0.4) is 0 Å². The molecule has 1 aliphatic heterocycles. The lowest BCUT2D eigenvalue weighted by molar-refractivity contribution is -0.326. The highest BCUT2D eigenvalue weighted by Gasteiger charge is 2.52. The molecule has 2 unspecified atom stereocenters. The van der Waals surface area contributed by atoms with Crippen LogP contribution in [0.25, 0.3) is 0 Å². The second kappa shape index (κ2) is 12.0. The van der Waals surface area contributed by atoms with Gasteiger partial charge in [0.05, 0.1) is 6.61 Å². The maximum atomic E-state index is 11.7. The molecule has 168 valence electrons. The van der Waals surface area contributed by atoms with Crippen molar-refractivity contribution < 1.29 is 47.9 Å². The van der Waals surface area contributed by atoms with Crippen LogP contribution >= 0.6 is 0 Å². The van der Waals surface area contributed by atoms with Gasteiger partial charge in [0.25, 0.3) is 0 Å². The molecular weight excluding hydrogens is 390 g/mol. The largest absolute Gasteiger partial charge is 0.463 e.